The van der Waals surface area contributed by atoms with Gasteiger partial charge in [0.25, 0.3) is 0 Å². The highest BCUT2D eigenvalue weighted by Crippen LogP contribution is 2.21. The summed E-state index contributed by atoms with van der Waals surface area (Å²) in [7, 11) is 2.83. The third kappa shape index (κ3) is 3.72. The monoisotopic (exact) mass is 289 g/mol. The summed E-state index contributed by atoms with van der Waals surface area (Å²) in [6.07, 6.45) is 0. The Morgan fingerprint density at radius 2 is 1.86 bits per heavy atom. The Morgan fingerprint density at radius 3 is 2.43 bits per heavy atom. The lowest BCUT2D eigenvalue weighted by molar-refractivity contribution is 0.0600. The smallest absolute Gasteiger partial charge is 0.337 e. The van der Waals surface area contributed by atoms with Crippen molar-refractivity contribution in [1.29, 1.82) is 0 Å². The molecule has 0 heterocycles. The Bertz CT molecular complexity index is 626. The van der Waals surface area contributed by atoms with E-state index >= 15 is 0 Å². The number of hydrogen-bond donors (Lipinski definition) is 1. The summed E-state index contributed by atoms with van der Waals surface area (Å²) < 4.78 is 23.3. The van der Waals surface area contributed by atoms with E-state index in [9.17, 15) is 9.18 Å². The van der Waals surface area contributed by atoms with Crippen LogP contribution in [0.3, 0.4) is 0 Å². The maximum atomic E-state index is 13.8. The van der Waals surface area contributed by atoms with Crippen LogP contribution in [-0.2, 0) is 11.3 Å². The Balaban J connectivity index is 2.01. The average Bonchev–Trinajstić information content (AvgIpc) is 2.53. The molecular weight excluding hydrogens is 273 g/mol. The van der Waals surface area contributed by atoms with Gasteiger partial charge < -0.3 is 14.8 Å². The largest absolute Gasteiger partial charge is 0.497 e. The van der Waals surface area contributed by atoms with Crippen molar-refractivity contribution in [3.63, 3.8) is 0 Å². The number of carbonyl (C=O) groups excluding carboxylic acids is 1. The van der Waals surface area contributed by atoms with Gasteiger partial charge in [0.15, 0.2) is 0 Å². The normalized spacial score (nSPS) is 10.0. The average molecular weight is 289 g/mol. The van der Waals surface area contributed by atoms with Crippen LogP contribution >= 0.6 is 0 Å². The van der Waals surface area contributed by atoms with E-state index in [-0.39, 0.29) is 11.8 Å². The van der Waals surface area contributed by atoms with E-state index in [2.05, 4.69) is 10.1 Å². The van der Waals surface area contributed by atoms with Crippen molar-refractivity contribution < 1.29 is 18.7 Å². The van der Waals surface area contributed by atoms with E-state index in [0.717, 1.165) is 5.56 Å². The van der Waals surface area contributed by atoms with Crippen molar-refractivity contribution >= 4 is 11.7 Å². The highest BCUT2D eigenvalue weighted by molar-refractivity contribution is 5.89. The summed E-state index contributed by atoms with van der Waals surface area (Å²) in [6, 6.07) is 11.6. The Morgan fingerprint density at radius 1 is 1.14 bits per heavy atom. The molecule has 2 rings (SSSR count). The molecule has 0 fully saturated rings. The van der Waals surface area contributed by atoms with E-state index in [1.54, 1.807) is 36.4 Å². The van der Waals surface area contributed by atoms with Gasteiger partial charge in [0.1, 0.15) is 11.6 Å². The lowest BCUT2D eigenvalue weighted by Crippen LogP contribution is -2.04. The second kappa shape index (κ2) is 6.74. The summed E-state index contributed by atoms with van der Waals surface area (Å²) >= 11 is 0. The quantitative estimate of drug-likeness (QED) is 0.858. The number of benzene rings is 2. The minimum Gasteiger partial charge on any atom is -0.497 e. The molecule has 21 heavy (non-hydrogen) atoms. The van der Waals surface area contributed by atoms with Crippen LogP contribution in [0.4, 0.5) is 10.1 Å². The van der Waals surface area contributed by atoms with Crippen molar-refractivity contribution in [2.75, 3.05) is 19.5 Å². The zero-order valence-corrected chi connectivity index (χ0v) is 11.9. The third-order valence-electron chi connectivity index (χ3n) is 3.03. The first-order valence-electron chi connectivity index (χ1n) is 6.38. The van der Waals surface area contributed by atoms with Gasteiger partial charge >= 0.3 is 5.97 Å². The van der Waals surface area contributed by atoms with Gasteiger partial charge in [-0.05, 0) is 29.8 Å². The minimum absolute atomic E-state index is 0.375. The van der Waals surface area contributed by atoms with Crippen LogP contribution < -0.4 is 10.1 Å². The number of carbonyl (C=O) groups is 1. The van der Waals surface area contributed by atoms with Crippen LogP contribution in [0.15, 0.2) is 42.5 Å². The number of halogens is 1. The molecule has 2 aromatic carbocycles. The Labute approximate surface area is 122 Å². The molecule has 0 aromatic heterocycles. The molecule has 0 aliphatic carbocycles. The van der Waals surface area contributed by atoms with Crippen molar-refractivity contribution in [3.8, 4) is 5.75 Å². The van der Waals surface area contributed by atoms with Crippen molar-refractivity contribution in [2.45, 2.75) is 6.54 Å². The number of nitrogens with one attached hydrogen (secondary N) is 1. The van der Waals surface area contributed by atoms with Crippen LogP contribution in [0.1, 0.15) is 15.9 Å². The number of anilines is 1. The van der Waals surface area contributed by atoms with Crippen molar-refractivity contribution in [3.05, 3.63) is 59.4 Å². The molecule has 5 heteroatoms. The maximum Gasteiger partial charge on any atom is 0.337 e. The molecule has 1 N–H and O–H groups in total. The standard InChI is InChI=1S/C16H16FNO3/c1-20-13-7-8-15(14(17)9-13)18-10-11-3-5-12(6-4-11)16(19)21-2/h3-9,18H,10H2,1-2H3. The molecule has 0 aliphatic heterocycles. The van der Waals surface area contributed by atoms with Crippen LogP contribution in [0, 0.1) is 5.82 Å². The second-order valence-corrected chi connectivity index (χ2v) is 4.39. The predicted octanol–water partition coefficient (Wildman–Crippen LogP) is 3.23. The molecule has 0 unspecified atom stereocenters. The zero-order valence-electron chi connectivity index (χ0n) is 11.9. The van der Waals surface area contributed by atoms with Crippen LogP contribution in [0.2, 0.25) is 0 Å². The first kappa shape index (κ1) is 14.8. The van der Waals surface area contributed by atoms with E-state index in [1.165, 1.54) is 20.3 Å². The van der Waals surface area contributed by atoms with E-state index in [4.69, 9.17) is 4.74 Å². The predicted molar refractivity (Wildman–Crippen MR) is 78.1 cm³/mol. The highest BCUT2D eigenvalue weighted by atomic mass is 19.1. The molecular formula is C16H16FNO3. The molecule has 0 spiro atoms. The highest BCUT2D eigenvalue weighted by Gasteiger charge is 2.06. The van der Waals surface area contributed by atoms with Gasteiger partial charge in [0.2, 0.25) is 0 Å². The fourth-order valence-electron chi connectivity index (χ4n) is 1.84. The molecule has 2 aromatic rings. The summed E-state index contributed by atoms with van der Waals surface area (Å²) in [5.41, 5.74) is 1.81. The van der Waals surface area contributed by atoms with E-state index in [0.29, 0.717) is 23.5 Å². The maximum absolute atomic E-state index is 13.8. The molecule has 0 bridgehead atoms. The number of methoxy groups -OCH3 is 2. The fourth-order valence-corrected chi connectivity index (χ4v) is 1.84. The molecule has 0 atom stereocenters. The van der Waals surface area contributed by atoms with Crippen LogP contribution in [0.5, 0.6) is 5.75 Å². The van der Waals surface area contributed by atoms with E-state index < -0.39 is 0 Å². The van der Waals surface area contributed by atoms with Gasteiger partial charge in [-0.3, -0.25) is 0 Å². The number of rotatable bonds is 5. The summed E-state index contributed by atoms with van der Waals surface area (Å²) in [5, 5.41) is 3.00. The molecule has 4 nitrogen and oxygen atoms in total. The zero-order chi connectivity index (χ0) is 15.2. The summed E-state index contributed by atoms with van der Waals surface area (Å²) in [4.78, 5) is 11.3. The number of esters is 1. The summed E-state index contributed by atoms with van der Waals surface area (Å²) in [6.45, 7) is 0.449. The van der Waals surface area contributed by atoms with Crippen molar-refractivity contribution in [2.24, 2.45) is 0 Å². The summed E-state index contributed by atoms with van der Waals surface area (Å²) in [5.74, 6) is -0.281. The van der Waals surface area contributed by atoms with Gasteiger partial charge in [0, 0.05) is 12.6 Å². The van der Waals surface area contributed by atoms with Gasteiger partial charge in [-0.1, -0.05) is 12.1 Å². The Hall–Kier alpha value is -2.56. The Kier molecular flexibility index (Phi) is 4.77. The molecule has 0 saturated carbocycles. The molecule has 0 aliphatic rings. The van der Waals surface area contributed by atoms with Gasteiger partial charge in [0.05, 0.1) is 25.5 Å². The van der Waals surface area contributed by atoms with Gasteiger partial charge in [-0.25, -0.2) is 9.18 Å². The fraction of sp³-hybridized carbons (Fsp3) is 0.188. The SMILES string of the molecule is COC(=O)c1ccc(CNc2ccc(OC)cc2F)cc1. The molecule has 0 radical (unpaired) electrons. The molecule has 0 amide bonds. The topological polar surface area (TPSA) is 47.6 Å². The van der Waals surface area contributed by atoms with Gasteiger partial charge in [-0.15, -0.1) is 0 Å². The number of hydrogen-bond acceptors (Lipinski definition) is 4. The lowest BCUT2D eigenvalue weighted by atomic mass is 10.1. The third-order valence-corrected chi connectivity index (χ3v) is 3.03. The van der Waals surface area contributed by atoms with Gasteiger partial charge in [-0.2, -0.15) is 0 Å². The molecule has 0 saturated heterocycles. The van der Waals surface area contributed by atoms with Crippen molar-refractivity contribution in [1.82, 2.24) is 0 Å². The van der Waals surface area contributed by atoms with Crippen LogP contribution in [-0.4, -0.2) is 20.2 Å². The number of ether oxygens (including phenoxy) is 2. The van der Waals surface area contributed by atoms with E-state index in [1.807, 2.05) is 0 Å². The molecule has 110 valence electrons. The first-order valence-corrected chi connectivity index (χ1v) is 6.38. The van der Waals surface area contributed by atoms with Crippen LogP contribution in [0.25, 0.3) is 0 Å². The minimum atomic E-state index is -0.379. The lowest BCUT2D eigenvalue weighted by Gasteiger charge is -2.09. The first-order chi connectivity index (χ1) is 10.1. The second-order valence-electron chi connectivity index (χ2n) is 4.39.